The average Bonchev–Trinajstić information content (AvgIpc) is 2.28. The highest BCUT2D eigenvalue weighted by atomic mass is 16.5. The summed E-state index contributed by atoms with van der Waals surface area (Å²) in [5.74, 6) is 0.0529. The summed E-state index contributed by atoms with van der Waals surface area (Å²) in [5.41, 5.74) is 4.63. The normalized spacial score (nSPS) is 33.6. The molecule has 8 heteroatoms. The molecule has 17 heavy (non-hydrogen) atoms. The van der Waals surface area contributed by atoms with Crippen LogP contribution in [0.5, 0.6) is 0 Å². The van der Waals surface area contributed by atoms with Crippen molar-refractivity contribution in [2.45, 2.75) is 24.5 Å². The van der Waals surface area contributed by atoms with Crippen molar-refractivity contribution in [2.24, 2.45) is 0 Å². The highest BCUT2D eigenvalue weighted by Gasteiger charge is 2.38. The van der Waals surface area contributed by atoms with E-state index in [2.05, 4.69) is 4.98 Å². The molecule has 0 radical (unpaired) electrons. The molecule has 1 aliphatic rings. The molecule has 0 amide bonds. The van der Waals surface area contributed by atoms with Crippen molar-refractivity contribution < 1.29 is 20.1 Å². The van der Waals surface area contributed by atoms with Crippen LogP contribution in [0.3, 0.4) is 0 Å². The third kappa shape index (κ3) is 2.15. The number of aromatic nitrogens is 2. The van der Waals surface area contributed by atoms with Crippen molar-refractivity contribution in [1.82, 2.24) is 9.55 Å². The Bertz CT molecular complexity index is 462. The van der Waals surface area contributed by atoms with Crippen molar-refractivity contribution in [1.29, 1.82) is 0 Å². The number of anilines is 1. The molecule has 1 aliphatic heterocycles. The van der Waals surface area contributed by atoms with Gasteiger partial charge in [0, 0.05) is 6.20 Å². The van der Waals surface area contributed by atoms with E-state index in [0.717, 1.165) is 4.57 Å². The number of ether oxygens (including phenoxy) is 1. The Morgan fingerprint density at radius 3 is 2.76 bits per heavy atom. The van der Waals surface area contributed by atoms with Crippen LogP contribution in [0.25, 0.3) is 0 Å². The average molecular weight is 243 g/mol. The van der Waals surface area contributed by atoms with Gasteiger partial charge in [0.2, 0.25) is 0 Å². The molecule has 0 aliphatic carbocycles. The molecule has 1 fully saturated rings. The van der Waals surface area contributed by atoms with Crippen LogP contribution >= 0.6 is 0 Å². The maximum absolute atomic E-state index is 11.5. The van der Waals surface area contributed by atoms with Crippen LogP contribution < -0.4 is 11.4 Å². The lowest BCUT2D eigenvalue weighted by Gasteiger charge is -2.35. The maximum atomic E-state index is 11.5. The number of hydrogen-bond donors (Lipinski definition) is 4. The molecule has 0 saturated carbocycles. The summed E-state index contributed by atoms with van der Waals surface area (Å²) in [4.78, 5) is 15.0. The first kappa shape index (κ1) is 12.0. The van der Waals surface area contributed by atoms with Gasteiger partial charge in [-0.05, 0) is 6.07 Å². The van der Waals surface area contributed by atoms with E-state index in [-0.39, 0.29) is 12.4 Å². The van der Waals surface area contributed by atoms with Gasteiger partial charge in [-0.25, -0.2) is 4.79 Å². The second-order valence-corrected chi connectivity index (χ2v) is 3.81. The van der Waals surface area contributed by atoms with Crippen molar-refractivity contribution in [3.63, 3.8) is 0 Å². The summed E-state index contributed by atoms with van der Waals surface area (Å²) < 4.78 is 6.11. The number of nitrogens with zero attached hydrogens (tertiary/aromatic N) is 2. The van der Waals surface area contributed by atoms with E-state index in [4.69, 9.17) is 10.5 Å². The van der Waals surface area contributed by atoms with Gasteiger partial charge in [0.1, 0.15) is 24.1 Å². The number of aliphatic hydroxyl groups excluding tert-OH is 3. The minimum absolute atomic E-state index is 0.0529. The molecule has 1 saturated heterocycles. The van der Waals surface area contributed by atoms with Gasteiger partial charge >= 0.3 is 5.69 Å². The first-order valence-corrected chi connectivity index (χ1v) is 5.01. The number of nitrogen functional groups attached to an aromatic ring is 1. The molecule has 0 spiro atoms. The first-order valence-electron chi connectivity index (χ1n) is 5.01. The number of hydrogen-bond acceptors (Lipinski definition) is 7. The Morgan fingerprint density at radius 2 is 2.12 bits per heavy atom. The molecule has 4 unspecified atom stereocenters. The van der Waals surface area contributed by atoms with Gasteiger partial charge in [-0.15, -0.1) is 0 Å². The lowest BCUT2D eigenvalue weighted by Crippen LogP contribution is -2.52. The minimum atomic E-state index is -1.41. The predicted octanol–water partition coefficient (Wildman–Crippen LogP) is -2.56. The van der Waals surface area contributed by atoms with E-state index in [9.17, 15) is 20.1 Å². The molecule has 2 heterocycles. The SMILES string of the molecule is Nc1ccn(C2OCC(O)C(O)C2O)c(=O)n1. The van der Waals surface area contributed by atoms with E-state index < -0.39 is 30.2 Å². The van der Waals surface area contributed by atoms with Crippen LogP contribution in [-0.2, 0) is 4.74 Å². The smallest absolute Gasteiger partial charge is 0.351 e. The zero-order valence-electron chi connectivity index (χ0n) is 8.80. The summed E-state index contributed by atoms with van der Waals surface area (Å²) >= 11 is 0. The fraction of sp³-hybridized carbons (Fsp3) is 0.556. The van der Waals surface area contributed by atoms with Gasteiger partial charge in [-0.2, -0.15) is 4.98 Å². The molecule has 5 N–H and O–H groups in total. The largest absolute Gasteiger partial charge is 0.388 e. The molecule has 94 valence electrons. The van der Waals surface area contributed by atoms with Crippen molar-refractivity contribution in [2.75, 3.05) is 12.3 Å². The fourth-order valence-electron chi connectivity index (χ4n) is 1.66. The summed E-state index contributed by atoms with van der Waals surface area (Å²) in [7, 11) is 0. The number of aliphatic hydroxyl groups is 3. The molecule has 0 aromatic carbocycles. The topological polar surface area (TPSA) is 131 Å². The van der Waals surface area contributed by atoms with Gasteiger partial charge in [0.25, 0.3) is 0 Å². The Labute approximate surface area is 95.9 Å². The maximum Gasteiger partial charge on any atom is 0.351 e. The molecule has 8 nitrogen and oxygen atoms in total. The minimum Gasteiger partial charge on any atom is -0.388 e. The highest BCUT2D eigenvalue weighted by Crippen LogP contribution is 2.22. The predicted molar refractivity (Wildman–Crippen MR) is 55.9 cm³/mol. The summed E-state index contributed by atoms with van der Waals surface area (Å²) in [6.07, 6.45) is -3.75. The van der Waals surface area contributed by atoms with E-state index in [0.29, 0.717) is 0 Å². The summed E-state index contributed by atoms with van der Waals surface area (Å²) in [5, 5.41) is 28.5. The zero-order valence-corrected chi connectivity index (χ0v) is 8.80. The molecule has 2 rings (SSSR count). The Hall–Kier alpha value is -1.48. The molecular weight excluding hydrogens is 230 g/mol. The molecule has 4 atom stereocenters. The first-order chi connectivity index (χ1) is 8.00. The van der Waals surface area contributed by atoms with Crippen molar-refractivity contribution >= 4 is 5.82 Å². The second-order valence-electron chi connectivity index (χ2n) is 3.81. The van der Waals surface area contributed by atoms with Crippen molar-refractivity contribution in [3.8, 4) is 0 Å². The Kier molecular flexibility index (Phi) is 3.11. The second kappa shape index (κ2) is 4.41. The van der Waals surface area contributed by atoms with E-state index in [1.54, 1.807) is 0 Å². The van der Waals surface area contributed by atoms with Crippen LogP contribution in [-0.4, -0.2) is 49.8 Å². The lowest BCUT2D eigenvalue weighted by molar-refractivity contribution is -0.212. The van der Waals surface area contributed by atoms with Crippen LogP contribution in [0.2, 0.25) is 0 Å². The lowest BCUT2D eigenvalue weighted by atomic mass is 10.0. The van der Waals surface area contributed by atoms with E-state index >= 15 is 0 Å². The van der Waals surface area contributed by atoms with Gasteiger partial charge < -0.3 is 25.8 Å². The van der Waals surface area contributed by atoms with Crippen LogP contribution in [0, 0.1) is 0 Å². The Morgan fingerprint density at radius 1 is 1.41 bits per heavy atom. The quantitative estimate of drug-likeness (QED) is 0.426. The summed E-state index contributed by atoms with van der Waals surface area (Å²) in [6, 6.07) is 1.37. The van der Waals surface area contributed by atoms with Gasteiger partial charge in [-0.1, -0.05) is 0 Å². The number of nitrogens with two attached hydrogens (primary N) is 1. The summed E-state index contributed by atoms with van der Waals surface area (Å²) in [6.45, 7) is -0.181. The third-order valence-electron chi connectivity index (χ3n) is 2.60. The van der Waals surface area contributed by atoms with E-state index in [1.807, 2.05) is 0 Å². The monoisotopic (exact) mass is 243 g/mol. The van der Waals surface area contributed by atoms with E-state index in [1.165, 1.54) is 12.3 Å². The van der Waals surface area contributed by atoms with Crippen molar-refractivity contribution in [3.05, 3.63) is 22.7 Å². The van der Waals surface area contributed by atoms with Gasteiger partial charge in [0.15, 0.2) is 6.23 Å². The zero-order chi connectivity index (χ0) is 12.6. The molecule has 1 aromatic rings. The van der Waals surface area contributed by atoms with Crippen LogP contribution in [0.15, 0.2) is 17.1 Å². The fourth-order valence-corrected chi connectivity index (χ4v) is 1.66. The number of rotatable bonds is 1. The molecule has 1 aromatic heterocycles. The third-order valence-corrected chi connectivity index (χ3v) is 2.60. The van der Waals surface area contributed by atoms with Gasteiger partial charge in [0.05, 0.1) is 6.61 Å². The van der Waals surface area contributed by atoms with Crippen LogP contribution in [0.1, 0.15) is 6.23 Å². The molecular formula is C9H13N3O5. The van der Waals surface area contributed by atoms with Crippen LogP contribution in [0.4, 0.5) is 5.82 Å². The standard InChI is InChI=1S/C9H13N3O5/c10-5-1-2-12(9(16)11-5)8-7(15)6(14)4(13)3-17-8/h1-2,4,6-8,13-15H,3H2,(H2,10,11,16). The Balaban J connectivity index is 2.31. The molecule has 0 bridgehead atoms. The van der Waals surface area contributed by atoms with Gasteiger partial charge in [-0.3, -0.25) is 4.57 Å². The highest BCUT2D eigenvalue weighted by molar-refractivity contribution is 5.23.